The maximum atomic E-state index is 13.4. The lowest BCUT2D eigenvalue weighted by Gasteiger charge is -2.38. The second-order valence-corrected chi connectivity index (χ2v) is 11.0. The highest BCUT2D eigenvalue weighted by Crippen LogP contribution is 2.35. The number of sulfonamides is 1. The SMILES string of the molecule is COc1ccc(CN(C)C[C@@H]2Oc3c(NS(C)(=O)=O)cccc3C(=O)N([C@H](C)CO)C[C@H]2C)cc1. The summed E-state index contributed by atoms with van der Waals surface area (Å²) in [5, 5.41) is 9.79. The van der Waals surface area contributed by atoms with E-state index in [1.54, 1.807) is 37.1 Å². The van der Waals surface area contributed by atoms with Crippen molar-refractivity contribution >= 4 is 21.6 Å². The highest BCUT2D eigenvalue weighted by molar-refractivity contribution is 7.92. The lowest BCUT2D eigenvalue weighted by molar-refractivity contribution is 0.0344. The molecule has 0 radical (unpaired) electrons. The third-order valence-electron chi connectivity index (χ3n) is 6.09. The highest BCUT2D eigenvalue weighted by atomic mass is 32.2. The van der Waals surface area contributed by atoms with Crippen LogP contribution in [0.3, 0.4) is 0 Å². The van der Waals surface area contributed by atoms with Crippen molar-refractivity contribution in [2.75, 3.05) is 44.8 Å². The molecule has 3 rings (SSSR count). The Morgan fingerprint density at radius 3 is 2.54 bits per heavy atom. The largest absolute Gasteiger partial charge is 0.497 e. The molecule has 2 aromatic rings. The summed E-state index contributed by atoms with van der Waals surface area (Å²) in [6, 6.07) is 12.3. The Hall–Kier alpha value is -2.82. The molecule has 35 heavy (non-hydrogen) atoms. The molecule has 0 unspecified atom stereocenters. The average Bonchev–Trinajstić information content (AvgIpc) is 2.80. The lowest BCUT2D eigenvalue weighted by atomic mass is 9.99. The van der Waals surface area contributed by atoms with Crippen LogP contribution in [0.5, 0.6) is 11.5 Å². The summed E-state index contributed by atoms with van der Waals surface area (Å²) in [5.41, 5.74) is 1.58. The van der Waals surface area contributed by atoms with Crippen LogP contribution >= 0.6 is 0 Å². The number of anilines is 1. The second-order valence-electron chi connectivity index (χ2n) is 9.22. The average molecular weight is 506 g/mol. The van der Waals surface area contributed by atoms with Crippen LogP contribution in [0.15, 0.2) is 42.5 Å². The number of carbonyl (C=O) groups is 1. The van der Waals surface area contributed by atoms with E-state index < -0.39 is 16.1 Å². The second kappa shape index (κ2) is 11.3. The summed E-state index contributed by atoms with van der Waals surface area (Å²) in [6.45, 7) is 5.20. The number of aliphatic hydroxyl groups excluding tert-OH is 1. The van der Waals surface area contributed by atoms with Gasteiger partial charge in [-0.05, 0) is 43.8 Å². The fraction of sp³-hybridized carbons (Fsp3) is 0.480. The van der Waals surface area contributed by atoms with Crippen molar-refractivity contribution in [1.29, 1.82) is 0 Å². The van der Waals surface area contributed by atoms with Gasteiger partial charge in [0.2, 0.25) is 10.0 Å². The van der Waals surface area contributed by atoms with Crippen LogP contribution in [-0.4, -0.2) is 81.5 Å². The Labute approximate surface area is 207 Å². The van der Waals surface area contributed by atoms with E-state index in [0.29, 0.717) is 19.6 Å². The number of hydrogen-bond donors (Lipinski definition) is 2. The number of nitrogens with one attached hydrogen (secondary N) is 1. The van der Waals surface area contributed by atoms with E-state index >= 15 is 0 Å². The molecule has 3 atom stereocenters. The Kier molecular flexibility index (Phi) is 8.63. The molecular weight excluding hydrogens is 470 g/mol. The van der Waals surface area contributed by atoms with Crippen LogP contribution in [0.25, 0.3) is 0 Å². The van der Waals surface area contributed by atoms with E-state index in [0.717, 1.165) is 17.6 Å². The Morgan fingerprint density at radius 2 is 1.94 bits per heavy atom. The van der Waals surface area contributed by atoms with Crippen molar-refractivity contribution in [3.63, 3.8) is 0 Å². The van der Waals surface area contributed by atoms with Crippen LogP contribution in [0.4, 0.5) is 5.69 Å². The zero-order valence-corrected chi connectivity index (χ0v) is 21.7. The van der Waals surface area contributed by atoms with Gasteiger partial charge < -0.3 is 19.5 Å². The van der Waals surface area contributed by atoms with Crippen molar-refractivity contribution in [3.8, 4) is 11.5 Å². The first-order valence-electron chi connectivity index (χ1n) is 11.5. The quantitative estimate of drug-likeness (QED) is 0.539. The van der Waals surface area contributed by atoms with Crippen molar-refractivity contribution in [3.05, 3.63) is 53.6 Å². The fourth-order valence-electron chi connectivity index (χ4n) is 4.16. The van der Waals surface area contributed by atoms with E-state index in [9.17, 15) is 18.3 Å². The number of carbonyl (C=O) groups excluding carboxylic acids is 1. The first kappa shape index (κ1) is 26.8. The fourth-order valence-corrected chi connectivity index (χ4v) is 4.72. The highest BCUT2D eigenvalue weighted by Gasteiger charge is 2.34. The topological polar surface area (TPSA) is 108 Å². The van der Waals surface area contributed by atoms with Gasteiger partial charge in [0, 0.05) is 25.6 Å². The molecular formula is C25H35N3O6S. The molecule has 0 aromatic heterocycles. The van der Waals surface area contributed by atoms with E-state index in [1.807, 2.05) is 38.2 Å². The van der Waals surface area contributed by atoms with E-state index in [-0.39, 0.29) is 41.5 Å². The summed E-state index contributed by atoms with van der Waals surface area (Å²) in [6.07, 6.45) is 0.709. The molecule has 2 N–H and O–H groups in total. The molecule has 2 aromatic carbocycles. The van der Waals surface area contributed by atoms with E-state index in [4.69, 9.17) is 9.47 Å². The summed E-state index contributed by atoms with van der Waals surface area (Å²) in [4.78, 5) is 17.2. The molecule has 0 saturated heterocycles. The van der Waals surface area contributed by atoms with Gasteiger partial charge in [-0.15, -0.1) is 0 Å². The number of fused-ring (bicyclic) bond motifs is 1. The van der Waals surface area contributed by atoms with Crippen LogP contribution < -0.4 is 14.2 Å². The van der Waals surface area contributed by atoms with Crippen LogP contribution in [-0.2, 0) is 16.6 Å². The monoisotopic (exact) mass is 505 g/mol. The molecule has 0 aliphatic carbocycles. The van der Waals surface area contributed by atoms with Crippen LogP contribution in [0.2, 0.25) is 0 Å². The maximum absolute atomic E-state index is 13.4. The van der Waals surface area contributed by atoms with Gasteiger partial charge in [0.1, 0.15) is 11.9 Å². The lowest BCUT2D eigenvalue weighted by Crippen LogP contribution is -2.49. The van der Waals surface area contributed by atoms with Crippen LogP contribution in [0.1, 0.15) is 29.8 Å². The number of aliphatic hydroxyl groups is 1. The zero-order valence-electron chi connectivity index (χ0n) is 20.9. The predicted molar refractivity (Wildman–Crippen MR) is 135 cm³/mol. The molecule has 0 saturated carbocycles. The number of benzene rings is 2. The van der Waals surface area contributed by atoms with Crippen LogP contribution in [0, 0.1) is 5.92 Å². The molecule has 1 heterocycles. The van der Waals surface area contributed by atoms with Crippen molar-refractivity contribution in [2.24, 2.45) is 5.92 Å². The molecule has 1 aliphatic heterocycles. The molecule has 1 aliphatic rings. The summed E-state index contributed by atoms with van der Waals surface area (Å²) in [7, 11) is 0.0161. The maximum Gasteiger partial charge on any atom is 0.258 e. The van der Waals surface area contributed by atoms with Gasteiger partial charge in [0.05, 0.1) is 37.3 Å². The van der Waals surface area contributed by atoms with Gasteiger partial charge in [-0.1, -0.05) is 25.1 Å². The molecule has 0 bridgehead atoms. The summed E-state index contributed by atoms with van der Waals surface area (Å²) < 4.78 is 38.1. The number of amides is 1. The van der Waals surface area contributed by atoms with Crippen molar-refractivity contribution < 1.29 is 27.8 Å². The number of methoxy groups -OCH3 is 1. The molecule has 9 nitrogen and oxygen atoms in total. The molecule has 0 fully saturated rings. The van der Waals surface area contributed by atoms with Gasteiger partial charge in [0.25, 0.3) is 5.91 Å². The predicted octanol–water partition coefficient (Wildman–Crippen LogP) is 2.42. The van der Waals surface area contributed by atoms with Crippen molar-refractivity contribution in [1.82, 2.24) is 9.80 Å². The summed E-state index contributed by atoms with van der Waals surface area (Å²) >= 11 is 0. The first-order chi connectivity index (χ1) is 16.5. The number of likely N-dealkylation sites (N-methyl/N-ethyl adjacent to an activating group) is 1. The van der Waals surface area contributed by atoms with E-state index in [1.165, 1.54) is 0 Å². The molecule has 0 spiro atoms. The van der Waals surface area contributed by atoms with Gasteiger partial charge in [-0.25, -0.2) is 8.42 Å². The molecule has 192 valence electrons. The molecule has 1 amide bonds. The van der Waals surface area contributed by atoms with E-state index in [2.05, 4.69) is 9.62 Å². The third-order valence-corrected chi connectivity index (χ3v) is 6.68. The molecule has 10 heteroatoms. The Bertz CT molecular complexity index is 1120. The number of para-hydroxylation sites is 1. The minimum Gasteiger partial charge on any atom is -0.497 e. The van der Waals surface area contributed by atoms with Crippen molar-refractivity contribution in [2.45, 2.75) is 32.5 Å². The Balaban J connectivity index is 1.94. The first-order valence-corrected chi connectivity index (χ1v) is 13.4. The smallest absolute Gasteiger partial charge is 0.258 e. The Morgan fingerprint density at radius 1 is 1.26 bits per heavy atom. The number of ether oxygens (including phenoxy) is 2. The van der Waals surface area contributed by atoms with Gasteiger partial charge >= 0.3 is 0 Å². The number of rotatable bonds is 9. The third kappa shape index (κ3) is 6.87. The zero-order chi connectivity index (χ0) is 25.8. The normalized spacial score (nSPS) is 19.4. The number of hydrogen-bond acceptors (Lipinski definition) is 7. The minimum atomic E-state index is -3.60. The van der Waals surface area contributed by atoms with Gasteiger partial charge in [-0.3, -0.25) is 14.4 Å². The number of nitrogens with zero attached hydrogens (tertiary/aromatic N) is 2. The standard InChI is InChI=1S/C25H35N3O6S/c1-17-13-28(18(2)16-29)25(30)21-7-6-8-22(26-35(5,31)32)24(21)34-23(17)15-27(3)14-19-9-11-20(33-4)12-10-19/h6-12,17-18,23,26,29H,13-16H2,1-5H3/t17-,18-,23+/m1/s1. The minimum absolute atomic E-state index is 0.0919. The van der Waals surface area contributed by atoms with Gasteiger partial charge in [0.15, 0.2) is 5.75 Å². The van der Waals surface area contributed by atoms with Gasteiger partial charge in [-0.2, -0.15) is 0 Å². The summed E-state index contributed by atoms with van der Waals surface area (Å²) in [5.74, 6) is 0.590.